The van der Waals surface area contributed by atoms with Gasteiger partial charge in [-0.15, -0.1) is 0 Å². The van der Waals surface area contributed by atoms with Crippen molar-refractivity contribution in [3.63, 3.8) is 0 Å². The van der Waals surface area contributed by atoms with Gasteiger partial charge < -0.3 is 0 Å². The van der Waals surface area contributed by atoms with Gasteiger partial charge in [0.2, 0.25) is 5.82 Å². The molecule has 0 bridgehead atoms. The van der Waals surface area contributed by atoms with E-state index in [1.807, 2.05) is 6.07 Å². The van der Waals surface area contributed by atoms with E-state index in [4.69, 9.17) is 3.63 Å². The molecule has 0 amide bonds. The molecule has 0 saturated carbocycles. The fraction of sp³-hybridized carbons (Fsp3) is 0.0769. The van der Waals surface area contributed by atoms with Crippen LogP contribution in [-0.4, -0.2) is 8.42 Å². The molecular weight excluding hydrogens is 519 g/mol. The Balaban J connectivity index is 2.11. The fourth-order valence-corrected chi connectivity index (χ4v) is 9.33. The highest BCUT2D eigenvalue weighted by Gasteiger charge is 2.42. The zero-order valence-electron chi connectivity index (χ0n) is 18.9. The molecule has 0 spiro atoms. The highest BCUT2D eigenvalue weighted by Crippen LogP contribution is 2.70. The average molecular weight is 539 g/mol. The summed E-state index contributed by atoms with van der Waals surface area (Å²) in [6.45, 7) is 3.55. The van der Waals surface area contributed by atoms with E-state index < -0.39 is 54.4 Å². The monoisotopic (exact) mass is 538 g/mol. The Morgan fingerprint density at radius 2 is 0.944 bits per heavy atom. The molecule has 36 heavy (non-hydrogen) atoms. The van der Waals surface area contributed by atoms with Crippen LogP contribution < -0.4 is 0 Å². The van der Waals surface area contributed by atoms with E-state index in [1.165, 1.54) is 0 Å². The predicted octanol–water partition coefficient (Wildman–Crippen LogP) is 7.60. The summed E-state index contributed by atoms with van der Waals surface area (Å²) in [7, 11) is -8.88. The molecule has 4 aromatic carbocycles. The van der Waals surface area contributed by atoms with Crippen LogP contribution in [-0.2, 0) is 13.7 Å². The molecule has 0 N–H and O–H groups in total. The van der Waals surface area contributed by atoms with Gasteiger partial charge in [-0.25, -0.2) is 25.6 Å². The zero-order valence-corrected chi connectivity index (χ0v) is 20.6. The lowest BCUT2D eigenvalue weighted by atomic mass is 10.2. The van der Waals surface area contributed by atoms with E-state index in [0.717, 1.165) is 11.1 Å². The second-order valence-corrected chi connectivity index (χ2v) is 12.3. The summed E-state index contributed by atoms with van der Waals surface area (Å²) >= 11 is 0. The first kappa shape index (κ1) is 25.9. The van der Waals surface area contributed by atoms with Crippen LogP contribution in [0, 0.1) is 42.9 Å². The molecule has 0 aliphatic carbocycles. The van der Waals surface area contributed by atoms with Crippen molar-refractivity contribution in [3.8, 4) is 0 Å². The molecular formula is C26H19F5O3S2. The molecule has 3 nitrogen and oxygen atoms in total. The number of hydrogen-bond acceptors (Lipinski definition) is 3. The third-order valence-corrected chi connectivity index (χ3v) is 10.5. The standard InChI is InChI=1S/C26H19F5O3S2/c1-16-13-17(2)15-20(14-16)35(18-9-5-3-6-10-18,19-11-7-4-8-12-19)34-36(32,33)26-24(30)22(28)21(27)23(29)25(26)31/h3-15H,1-2H3. The van der Waals surface area contributed by atoms with Crippen molar-refractivity contribution in [1.29, 1.82) is 0 Å². The Bertz CT molecular complexity index is 1450. The van der Waals surface area contributed by atoms with Gasteiger partial charge in [0.1, 0.15) is 0 Å². The predicted molar refractivity (Wildman–Crippen MR) is 126 cm³/mol. The SMILES string of the molecule is Cc1cc(C)cc(S(OS(=O)(=O)c2c(F)c(F)c(F)c(F)c2F)(c2ccccc2)c2ccccc2)c1. The second kappa shape index (κ2) is 9.68. The molecule has 0 atom stereocenters. The summed E-state index contributed by atoms with van der Waals surface area (Å²) < 4.78 is 103. The molecule has 188 valence electrons. The van der Waals surface area contributed by atoms with Crippen molar-refractivity contribution in [2.24, 2.45) is 0 Å². The van der Waals surface area contributed by atoms with Crippen molar-refractivity contribution < 1.29 is 34.0 Å². The molecule has 0 fully saturated rings. The van der Waals surface area contributed by atoms with E-state index in [1.54, 1.807) is 86.6 Å². The van der Waals surface area contributed by atoms with Gasteiger partial charge in [-0.2, -0.15) is 8.42 Å². The minimum atomic E-state index is -5.57. The summed E-state index contributed by atoms with van der Waals surface area (Å²) in [5, 5.41) is 0. The first-order valence-electron chi connectivity index (χ1n) is 10.5. The van der Waals surface area contributed by atoms with E-state index in [2.05, 4.69) is 0 Å². The Kier molecular flexibility index (Phi) is 6.96. The van der Waals surface area contributed by atoms with Crippen LogP contribution in [0.2, 0.25) is 0 Å². The van der Waals surface area contributed by atoms with Crippen LogP contribution in [0.5, 0.6) is 0 Å². The van der Waals surface area contributed by atoms with E-state index in [9.17, 15) is 30.4 Å². The highest BCUT2D eigenvalue weighted by molar-refractivity contribution is 8.33. The molecule has 0 aliphatic heterocycles. The van der Waals surface area contributed by atoms with Gasteiger partial charge in [0.15, 0.2) is 28.2 Å². The van der Waals surface area contributed by atoms with Crippen molar-refractivity contribution in [3.05, 3.63) is 119 Å². The van der Waals surface area contributed by atoms with Gasteiger partial charge in [0, 0.05) is 14.7 Å². The molecule has 0 heterocycles. The van der Waals surface area contributed by atoms with E-state index in [-0.39, 0.29) is 0 Å². The number of aryl methyl sites for hydroxylation is 2. The lowest BCUT2D eigenvalue weighted by Crippen LogP contribution is -2.19. The van der Waals surface area contributed by atoms with Gasteiger partial charge in [-0.1, -0.05) is 42.5 Å². The highest BCUT2D eigenvalue weighted by atomic mass is 32.3. The first-order valence-corrected chi connectivity index (χ1v) is 13.4. The Morgan fingerprint density at radius 1 is 0.556 bits per heavy atom. The third-order valence-electron chi connectivity index (χ3n) is 5.29. The van der Waals surface area contributed by atoms with Crippen LogP contribution in [0.15, 0.2) is 98.4 Å². The zero-order chi connectivity index (χ0) is 26.3. The fourth-order valence-electron chi connectivity index (χ4n) is 3.82. The molecule has 10 heteroatoms. The van der Waals surface area contributed by atoms with Crippen molar-refractivity contribution >= 4 is 20.4 Å². The quantitative estimate of drug-likeness (QED) is 0.144. The maximum atomic E-state index is 14.6. The normalized spacial score (nSPS) is 12.5. The minimum absolute atomic E-state index is 0.327. The van der Waals surface area contributed by atoms with Crippen molar-refractivity contribution in [2.75, 3.05) is 0 Å². The van der Waals surface area contributed by atoms with Gasteiger partial charge in [0.25, 0.3) is 0 Å². The summed E-state index contributed by atoms with van der Waals surface area (Å²) in [5.74, 6) is -12.2. The van der Waals surface area contributed by atoms with Gasteiger partial charge in [-0.3, -0.25) is 0 Å². The second-order valence-electron chi connectivity index (χ2n) is 7.93. The molecule has 0 aromatic heterocycles. The Morgan fingerprint density at radius 3 is 1.36 bits per heavy atom. The van der Waals surface area contributed by atoms with E-state index in [0.29, 0.717) is 14.7 Å². The first-order chi connectivity index (χ1) is 17.0. The van der Waals surface area contributed by atoms with Crippen LogP contribution in [0.4, 0.5) is 22.0 Å². The van der Waals surface area contributed by atoms with Crippen LogP contribution >= 0.6 is 10.3 Å². The summed E-state index contributed by atoms with van der Waals surface area (Å²) in [6.07, 6.45) is 0. The summed E-state index contributed by atoms with van der Waals surface area (Å²) in [4.78, 5) is -1.04. The molecule has 4 aromatic rings. The van der Waals surface area contributed by atoms with Gasteiger partial charge >= 0.3 is 10.1 Å². The van der Waals surface area contributed by atoms with Gasteiger partial charge in [-0.05, 0) is 71.7 Å². The summed E-state index contributed by atoms with van der Waals surface area (Å²) in [5.41, 5.74) is 1.48. The van der Waals surface area contributed by atoms with Crippen LogP contribution in [0.3, 0.4) is 0 Å². The van der Waals surface area contributed by atoms with Crippen molar-refractivity contribution in [1.82, 2.24) is 0 Å². The lowest BCUT2D eigenvalue weighted by Gasteiger charge is -2.39. The molecule has 0 aliphatic rings. The number of hydrogen-bond donors (Lipinski definition) is 0. The molecule has 0 saturated heterocycles. The minimum Gasteiger partial charge on any atom is -0.203 e. The maximum absolute atomic E-state index is 14.6. The summed E-state index contributed by atoms with van der Waals surface area (Å²) in [6, 6.07) is 21.3. The topological polar surface area (TPSA) is 43.4 Å². The van der Waals surface area contributed by atoms with E-state index >= 15 is 0 Å². The smallest absolute Gasteiger partial charge is 0.203 e. The maximum Gasteiger partial charge on any atom is 0.313 e. The van der Waals surface area contributed by atoms with Crippen molar-refractivity contribution in [2.45, 2.75) is 33.4 Å². The lowest BCUT2D eigenvalue weighted by molar-refractivity contribution is 0.354. The number of halogens is 5. The number of rotatable bonds is 6. The molecule has 0 unspecified atom stereocenters. The largest absolute Gasteiger partial charge is 0.313 e. The third kappa shape index (κ3) is 4.40. The number of benzene rings is 4. The Hall–Kier alpha value is -3.21. The molecule has 0 radical (unpaired) electrons. The average Bonchev–Trinajstić information content (AvgIpc) is 2.85. The van der Waals surface area contributed by atoms with Crippen LogP contribution in [0.25, 0.3) is 0 Å². The van der Waals surface area contributed by atoms with Crippen LogP contribution in [0.1, 0.15) is 11.1 Å². The van der Waals surface area contributed by atoms with Gasteiger partial charge in [0.05, 0.1) is 0 Å². The molecule has 4 rings (SSSR count). The Labute approximate surface area is 206 Å².